The summed E-state index contributed by atoms with van der Waals surface area (Å²) in [5, 5.41) is 17.8. The number of nitrogens with two attached hydrogens (primary N) is 1. The van der Waals surface area contributed by atoms with Crippen LogP contribution in [0.15, 0.2) is 12.3 Å². The molecule has 0 aliphatic carbocycles. The predicted molar refractivity (Wildman–Crippen MR) is 63.0 cm³/mol. The molecule has 1 aromatic rings. The fourth-order valence-electron chi connectivity index (χ4n) is 1.48. The largest absolute Gasteiger partial charge is 0.397 e. The van der Waals surface area contributed by atoms with E-state index >= 15 is 0 Å². The standard InChI is InChI=1S/C11H16N4O/c1-2-15(4-3-5-16)11-9(7-12)6-10(13)8-14-11/h6,8,16H,2-5,13H2,1H3. The SMILES string of the molecule is CCN(CCCO)c1ncc(N)cc1C#N. The zero-order chi connectivity index (χ0) is 12.0. The Morgan fingerprint density at radius 3 is 2.94 bits per heavy atom. The highest BCUT2D eigenvalue weighted by Gasteiger charge is 2.11. The molecule has 0 unspecified atom stereocenters. The van der Waals surface area contributed by atoms with Gasteiger partial charge in [0.15, 0.2) is 0 Å². The third kappa shape index (κ3) is 2.84. The summed E-state index contributed by atoms with van der Waals surface area (Å²) < 4.78 is 0. The maximum Gasteiger partial charge on any atom is 0.146 e. The number of aliphatic hydroxyl groups excluding tert-OH is 1. The number of nitriles is 1. The van der Waals surface area contributed by atoms with Gasteiger partial charge in [-0.25, -0.2) is 4.98 Å². The summed E-state index contributed by atoms with van der Waals surface area (Å²) in [6.45, 7) is 3.54. The molecule has 0 saturated heterocycles. The Balaban J connectivity index is 2.96. The molecule has 0 spiro atoms. The lowest BCUT2D eigenvalue weighted by molar-refractivity contribution is 0.289. The van der Waals surface area contributed by atoms with Crippen LogP contribution in [0.25, 0.3) is 0 Å². The number of aromatic nitrogens is 1. The van der Waals surface area contributed by atoms with Gasteiger partial charge in [-0.15, -0.1) is 0 Å². The average molecular weight is 220 g/mol. The summed E-state index contributed by atoms with van der Waals surface area (Å²) in [7, 11) is 0. The Kier molecular flexibility index (Phi) is 4.55. The van der Waals surface area contributed by atoms with Crippen molar-refractivity contribution in [2.45, 2.75) is 13.3 Å². The molecule has 0 aromatic carbocycles. The maximum atomic E-state index is 8.99. The number of aliphatic hydroxyl groups is 1. The minimum absolute atomic E-state index is 0.132. The number of hydrogen-bond donors (Lipinski definition) is 2. The van der Waals surface area contributed by atoms with Crippen LogP contribution in [0, 0.1) is 11.3 Å². The summed E-state index contributed by atoms with van der Waals surface area (Å²) >= 11 is 0. The number of pyridine rings is 1. The van der Waals surface area contributed by atoms with E-state index in [1.165, 1.54) is 6.20 Å². The topological polar surface area (TPSA) is 86.2 Å². The fraction of sp³-hybridized carbons (Fsp3) is 0.455. The lowest BCUT2D eigenvalue weighted by Gasteiger charge is -2.22. The van der Waals surface area contributed by atoms with Crippen molar-refractivity contribution >= 4 is 11.5 Å². The van der Waals surface area contributed by atoms with Gasteiger partial charge >= 0.3 is 0 Å². The number of nitrogen functional groups attached to an aromatic ring is 1. The van der Waals surface area contributed by atoms with Crippen molar-refractivity contribution in [2.75, 3.05) is 30.3 Å². The van der Waals surface area contributed by atoms with Crippen LogP contribution in [0.2, 0.25) is 0 Å². The van der Waals surface area contributed by atoms with Crippen LogP contribution < -0.4 is 10.6 Å². The molecule has 0 atom stereocenters. The van der Waals surface area contributed by atoms with E-state index in [0.29, 0.717) is 30.0 Å². The molecular weight excluding hydrogens is 204 g/mol. The van der Waals surface area contributed by atoms with Gasteiger partial charge in [0.2, 0.25) is 0 Å². The van der Waals surface area contributed by atoms with Gasteiger partial charge in [0, 0.05) is 19.7 Å². The van der Waals surface area contributed by atoms with Crippen LogP contribution in [-0.4, -0.2) is 29.8 Å². The van der Waals surface area contributed by atoms with Crippen LogP contribution >= 0.6 is 0 Å². The molecule has 5 nitrogen and oxygen atoms in total. The van der Waals surface area contributed by atoms with E-state index in [1.54, 1.807) is 6.07 Å². The van der Waals surface area contributed by atoms with Crippen molar-refractivity contribution in [1.82, 2.24) is 4.98 Å². The van der Waals surface area contributed by atoms with E-state index in [0.717, 1.165) is 6.54 Å². The lowest BCUT2D eigenvalue weighted by atomic mass is 10.2. The summed E-state index contributed by atoms with van der Waals surface area (Å²) in [5.41, 5.74) is 6.53. The van der Waals surface area contributed by atoms with Crippen LogP contribution in [-0.2, 0) is 0 Å². The maximum absolute atomic E-state index is 8.99. The molecule has 0 radical (unpaired) electrons. The number of rotatable bonds is 5. The molecule has 0 aliphatic heterocycles. The van der Waals surface area contributed by atoms with Gasteiger partial charge in [0.05, 0.1) is 17.4 Å². The lowest BCUT2D eigenvalue weighted by Crippen LogP contribution is -2.26. The Bertz CT molecular complexity index is 386. The summed E-state index contributed by atoms with van der Waals surface area (Å²) in [4.78, 5) is 6.12. The summed E-state index contributed by atoms with van der Waals surface area (Å²) in [5.74, 6) is 0.632. The van der Waals surface area contributed by atoms with Gasteiger partial charge in [-0.1, -0.05) is 0 Å². The van der Waals surface area contributed by atoms with Gasteiger partial charge in [-0.2, -0.15) is 5.26 Å². The first-order valence-corrected chi connectivity index (χ1v) is 5.24. The third-order valence-corrected chi connectivity index (χ3v) is 2.28. The average Bonchev–Trinajstić information content (AvgIpc) is 2.31. The van der Waals surface area contributed by atoms with Gasteiger partial charge in [-0.05, 0) is 19.4 Å². The van der Waals surface area contributed by atoms with Crippen LogP contribution in [0.4, 0.5) is 11.5 Å². The molecule has 0 bridgehead atoms. The van der Waals surface area contributed by atoms with E-state index in [4.69, 9.17) is 16.1 Å². The second-order valence-electron chi connectivity index (χ2n) is 3.41. The number of nitrogens with zero attached hydrogens (tertiary/aromatic N) is 3. The van der Waals surface area contributed by atoms with Crippen LogP contribution in [0.3, 0.4) is 0 Å². The molecule has 0 fully saturated rings. The summed E-state index contributed by atoms with van der Waals surface area (Å²) in [6.07, 6.45) is 2.20. The van der Waals surface area contributed by atoms with Gasteiger partial charge < -0.3 is 15.7 Å². The molecule has 0 aliphatic rings. The minimum Gasteiger partial charge on any atom is -0.397 e. The Morgan fingerprint density at radius 2 is 2.38 bits per heavy atom. The van der Waals surface area contributed by atoms with E-state index in [-0.39, 0.29) is 6.61 Å². The van der Waals surface area contributed by atoms with E-state index < -0.39 is 0 Å². The van der Waals surface area contributed by atoms with E-state index in [9.17, 15) is 0 Å². The molecule has 1 rings (SSSR count). The van der Waals surface area contributed by atoms with Crippen molar-refractivity contribution in [2.24, 2.45) is 0 Å². The zero-order valence-corrected chi connectivity index (χ0v) is 9.35. The van der Waals surface area contributed by atoms with Gasteiger partial charge in [-0.3, -0.25) is 0 Å². The summed E-state index contributed by atoms with van der Waals surface area (Å²) in [6, 6.07) is 3.70. The van der Waals surface area contributed by atoms with E-state index in [1.807, 2.05) is 11.8 Å². The quantitative estimate of drug-likeness (QED) is 0.764. The monoisotopic (exact) mass is 220 g/mol. The smallest absolute Gasteiger partial charge is 0.146 e. The van der Waals surface area contributed by atoms with Crippen LogP contribution in [0.5, 0.6) is 0 Å². The Labute approximate surface area is 95.1 Å². The molecule has 1 aromatic heterocycles. The van der Waals surface area contributed by atoms with Crippen molar-refractivity contribution in [3.63, 3.8) is 0 Å². The molecule has 1 heterocycles. The highest BCUT2D eigenvalue weighted by Crippen LogP contribution is 2.18. The first-order valence-electron chi connectivity index (χ1n) is 5.24. The predicted octanol–water partition coefficient (Wildman–Crippen LogP) is 0.744. The second kappa shape index (κ2) is 5.93. The fourth-order valence-corrected chi connectivity index (χ4v) is 1.48. The zero-order valence-electron chi connectivity index (χ0n) is 9.35. The van der Waals surface area contributed by atoms with Crippen molar-refractivity contribution in [1.29, 1.82) is 5.26 Å². The normalized spacial score (nSPS) is 9.81. The molecule has 86 valence electrons. The number of hydrogen-bond acceptors (Lipinski definition) is 5. The Hall–Kier alpha value is -1.80. The minimum atomic E-state index is 0.132. The molecule has 16 heavy (non-hydrogen) atoms. The second-order valence-corrected chi connectivity index (χ2v) is 3.41. The first kappa shape index (κ1) is 12.3. The van der Waals surface area contributed by atoms with Crippen molar-refractivity contribution < 1.29 is 5.11 Å². The molecular formula is C11H16N4O. The first-order chi connectivity index (χ1) is 7.72. The van der Waals surface area contributed by atoms with E-state index in [2.05, 4.69) is 11.1 Å². The van der Waals surface area contributed by atoms with Crippen molar-refractivity contribution in [3.05, 3.63) is 17.8 Å². The Morgan fingerprint density at radius 1 is 1.62 bits per heavy atom. The highest BCUT2D eigenvalue weighted by atomic mass is 16.3. The van der Waals surface area contributed by atoms with Gasteiger partial charge in [0.1, 0.15) is 11.9 Å². The molecule has 0 amide bonds. The molecule has 0 saturated carbocycles. The van der Waals surface area contributed by atoms with Gasteiger partial charge in [0.25, 0.3) is 0 Å². The van der Waals surface area contributed by atoms with Crippen LogP contribution in [0.1, 0.15) is 18.9 Å². The van der Waals surface area contributed by atoms with Crippen molar-refractivity contribution in [3.8, 4) is 6.07 Å². The molecule has 3 N–H and O–H groups in total. The molecule has 5 heteroatoms. The highest BCUT2D eigenvalue weighted by molar-refractivity contribution is 5.58. The third-order valence-electron chi connectivity index (χ3n) is 2.28. The number of anilines is 2.